The standard InChI is InChI=1S/C54H45N3O6/c1-58-46-25-40-22-41-26-47(59-2)50(62-32-38-14-5-11-35-17-8-20-56-53(35)38)29-44(41)24-45-30-51(63-33-39-15-6-12-36-18-9-21-57-54(36)39)48(60-3)27-42(45)23-43(40)28-49(46)61-31-37-13-4-10-34-16-7-19-55-52(34)37/h4-21,25-30H,22-24,31-33H2,1-3H3. The molecule has 0 saturated heterocycles. The van der Waals surface area contributed by atoms with Gasteiger partial charge in [-0.3, -0.25) is 15.0 Å². The molecule has 1 aliphatic carbocycles. The van der Waals surface area contributed by atoms with E-state index in [-0.39, 0.29) is 0 Å². The van der Waals surface area contributed by atoms with Crippen LogP contribution in [0.25, 0.3) is 32.7 Å². The van der Waals surface area contributed by atoms with Gasteiger partial charge in [-0.1, -0.05) is 72.8 Å². The minimum atomic E-state index is 0.327. The fourth-order valence-electron chi connectivity index (χ4n) is 8.67. The van der Waals surface area contributed by atoms with Gasteiger partial charge in [0, 0.05) is 51.4 Å². The first kappa shape index (κ1) is 39.5. The Bertz CT molecular complexity index is 3130. The van der Waals surface area contributed by atoms with Crippen molar-refractivity contribution in [2.24, 2.45) is 0 Å². The Balaban J connectivity index is 1.05. The number of benzene rings is 6. The van der Waals surface area contributed by atoms with Gasteiger partial charge in [-0.15, -0.1) is 0 Å². The number of rotatable bonds is 12. The molecule has 10 rings (SSSR count). The Morgan fingerprint density at radius 3 is 0.905 bits per heavy atom. The van der Waals surface area contributed by atoms with Crippen molar-refractivity contribution < 1.29 is 28.4 Å². The second-order valence-corrected chi connectivity index (χ2v) is 15.7. The number of hydrogen-bond donors (Lipinski definition) is 0. The van der Waals surface area contributed by atoms with Crippen LogP contribution in [0.1, 0.15) is 50.1 Å². The monoisotopic (exact) mass is 831 g/mol. The summed E-state index contributed by atoms with van der Waals surface area (Å²) in [6.45, 7) is 0.988. The highest BCUT2D eigenvalue weighted by atomic mass is 16.5. The molecular weight excluding hydrogens is 787 g/mol. The van der Waals surface area contributed by atoms with E-state index in [0.717, 1.165) is 82.8 Å². The van der Waals surface area contributed by atoms with E-state index in [1.54, 1.807) is 21.3 Å². The third kappa shape index (κ3) is 8.01. The van der Waals surface area contributed by atoms with Gasteiger partial charge in [0.2, 0.25) is 0 Å². The van der Waals surface area contributed by atoms with Gasteiger partial charge in [-0.25, -0.2) is 0 Å². The summed E-state index contributed by atoms with van der Waals surface area (Å²) in [4.78, 5) is 14.0. The van der Waals surface area contributed by atoms with E-state index in [9.17, 15) is 0 Å². The van der Waals surface area contributed by atoms with Crippen molar-refractivity contribution in [3.05, 3.63) is 196 Å². The molecular formula is C54H45N3O6. The third-order valence-electron chi connectivity index (χ3n) is 11.9. The smallest absolute Gasteiger partial charge is 0.161 e. The van der Waals surface area contributed by atoms with Gasteiger partial charge in [-0.05, 0) is 107 Å². The van der Waals surface area contributed by atoms with Crippen LogP contribution in [-0.4, -0.2) is 36.3 Å². The van der Waals surface area contributed by atoms with Crippen LogP contribution in [0.4, 0.5) is 0 Å². The number of para-hydroxylation sites is 3. The molecule has 0 amide bonds. The lowest BCUT2D eigenvalue weighted by atomic mass is 9.94. The minimum Gasteiger partial charge on any atom is -0.493 e. The summed E-state index contributed by atoms with van der Waals surface area (Å²) in [7, 11) is 5.06. The molecule has 0 radical (unpaired) electrons. The largest absolute Gasteiger partial charge is 0.493 e. The first-order valence-electron chi connectivity index (χ1n) is 21.0. The first-order valence-corrected chi connectivity index (χ1v) is 21.0. The predicted molar refractivity (Wildman–Crippen MR) is 246 cm³/mol. The molecule has 0 N–H and O–H groups in total. The number of fused-ring (bicyclic) bond motifs is 6. The Morgan fingerprint density at radius 1 is 0.349 bits per heavy atom. The van der Waals surface area contributed by atoms with Gasteiger partial charge < -0.3 is 28.4 Å². The second-order valence-electron chi connectivity index (χ2n) is 15.7. The molecule has 0 aliphatic heterocycles. The Kier molecular flexibility index (Phi) is 10.9. The number of hydrogen-bond acceptors (Lipinski definition) is 9. The molecule has 0 unspecified atom stereocenters. The highest BCUT2D eigenvalue weighted by molar-refractivity contribution is 5.83. The summed E-state index contributed by atoms with van der Waals surface area (Å²) < 4.78 is 38.0. The number of aromatic nitrogens is 3. The van der Waals surface area contributed by atoms with E-state index in [4.69, 9.17) is 28.4 Å². The van der Waals surface area contributed by atoms with Crippen molar-refractivity contribution in [3.63, 3.8) is 0 Å². The van der Waals surface area contributed by atoms with Gasteiger partial charge >= 0.3 is 0 Å². The summed E-state index contributed by atoms with van der Waals surface area (Å²) >= 11 is 0. The molecule has 3 aromatic heterocycles. The van der Waals surface area contributed by atoms with Crippen molar-refractivity contribution in [1.82, 2.24) is 15.0 Å². The lowest BCUT2D eigenvalue weighted by Crippen LogP contribution is -2.05. The lowest BCUT2D eigenvalue weighted by Gasteiger charge is -2.19. The minimum absolute atomic E-state index is 0.327. The fourth-order valence-corrected chi connectivity index (χ4v) is 8.67. The molecule has 312 valence electrons. The molecule has 1 aliphatic rings. The molecule has 3 heterocycles. The van der Waals surface area contributed by atoms with E-state index in [2.05, 4.69) is 106 Å². The number of ether oxygens (including phenoxy) is 6. The molecule has 9 nitrogen and oxygen atoms in total. The number of methoxy groups -OCH3 is 3. The zero-order chi connectivity index (χ0) is 42.7. The average Bonchev–Trinajstić information content (AvgIpc) is 3.38. The molecule has 6 aromatic carbocycles. The molecule has 0 spiro atoms. The molecule has 0 atom stereocenters. The van der Waals surface area contributed by atoms with Crippen LogP contribution in [0.5, 0.6) is 34.5 Å². The summed E-state index contributed by atoms with van der Waals surface area (Å²) in [5.41, 5.74) is 12.4. The number of nitrogens with zero attached hydrogens (tertiary/aromatic N) is 3. The summed E-state index contributed by atoms with van der Waals surface area (Å²) in [6.07, 6.45) is 7.30. The van der Waals surface area contributed by atoms with Crippen molar-refractivity contribution in [3.8, 4) is 34.5 Å². The molecule has 63 heavy (non-hydrogen) atoms. The average molecular weight is 832 g/mol. The quantitative estimate of drug-likeness (QED) is 0.119. The van der Waals surface area contributed by atoms with Crippen LogP contribution in [0.3, 0.4) is 0 Å². The summed E-state index contributed by atoms with van der Waals surface area (Å²) in [5, 5.41) is 3.19. The summed E-state index contributed by atoms with van der Waals surface area (Å²) in [6, 6.07) is 43.2. The van der Waals surface area contributed by atoms with E-state index >= 15 is 0 Å². The van der Waals surface area contributed by atoms with Gasteiger partial charge in [0.1, 0.15) is 19.8 Å². The van der Waals surface area contributed by atoms with Crippen molar-refractivity contribution in [2.45, 2.75) is 39.1 Å². The SMILES string of the molecule is COc1cc2c(cc1OCc1cccc3cccnc13)Cc1cc(OC)c(OCc3cccc4cccnc34)cc1Cc1cc(OCc3cccc4cccnc34)c(OC)cc1C2. The molecule has 0 bridgehead atoms. The number of pyridine rings is 3. The second kappa shape index (κ2) is 17.4. The zero-order valence-electron chi connectivity index (χ0n) is 35.4. The molecule has 9 heteroatoms. The maximum Gasteiger partial charge on any atom is 0.161 e. The van der Waals surface area contributed by atoms with Crippen LogP contribution < -0.4 is 28.4 Å². The fraction of sp³-hybridized carbons (Fsp3) is 0.167. The van der Waals surface area contributed by atoms with Gasteiger partial charge in [0.15, 0.2) is 34.5 Å². The van der Waals surface area contributed by atoms with Crippen LogP contribution in [0.2, 0.25) is 0 Å². The zero-order valence-corrected chi connectivity index (χ0v) is 35.4. The Hall–Kier alpha value is -7.65. The van der Waals surface area contributed by atoms with E-state index in [1.165, 1.54) is 0 Å². The highest BCUT2D eigenvalue weighted by Gasteiger charge is 2.23. The van der Waals surface area contributed by atoms with Crippen molar-refractivity contribution in [1.29, 1.82) is 0 Å². The molecule has 9 aromatic rings. The van der Waals surface area contributed by atoms with Gasteiger partial charge in [0.05, 0.1) is 37.9 Å². The van der Waals surface area contributed by atoms with E-state index in [1.807, 2.05) is 55.0 Å². The van der Waals surface area contributed by atoms with Gasteiger partial charge in [0.25, 0.3) is 0 Å². The summed E-state index contributed by atoms with van der Waals surface area (Å²) in [5.74, 6) is 3.93. The van der Waals surface area contributed by atoms with Crippen LogP contribution in [-0.2, 0) is 39.1 Å². The molecule has 0 fully saturated rings. The maximum atomic E-state index is 6.63. The van der Waals surface area contributed by atoms with E-state index < -0.39 is 0 Å². The maximum absolute atomic E-state index is 6.63. The van der Waals surface area contributed by atoms with E-state index in [0.29, 0.717) is 73.6 Å². The Labute approximate surface area is 365 Å². The first-order chi connectivity index (χ1) is 31.0. The van der Waals surface area contributed by atoms with Crippen LogP contribution in [0, 0.1) is 0 Å². The predicted octanol–water partition coefficient (Wildman–Crippen LogP) is 11.2. The van der Waals surface area contributed by atoms with Crippen molar-refractivity contribution >= 4 is 32.7 Å². The van der Waals surface area contributed by atoms with Crippen LogP contribution in [0.15, 0.2) is 146 Å². The molecule has 0 saturated carbocycles. The Morgan fingerprint density at radius 2 is 0.619 bits per heavy atom. The van der Waals surface area contributed by atoms with Gasteiger partial charge in [-0.2, -0.15) is 0 Å². The normalized spacial score (nSPS) is 12.0. The van der Waals surface area contributed by atoms with Crippen LogP contribution >= 0.6 is 0 Å². The third-order valence-corrected chi connectivity index (χ3v) is 11.9. The lowest BCUT2D eigenvalue weighted by molar-refractivity contribution is 0.284. The topological polar surface area (TPSA) is 94.1 Å². The van der Waals surface area contributed by atoms with Crippen molar-refractivity contribution in [2.75, 3.05) is 21.3 Å². The highest BCUT2D eigenvalue weighted by Crippen LogP contribution is 2.42.